The van der Waals surface area contributed by atoms with Gasteiger partial charge in [0.05, 0.1) is 12.7 Å². The van der Waals surface area contributed by atoms with Crippen molar-refractivity contribution < 1.29 is 50.5 Å². The lowest BCUT2D eigenvalue weighted by molar-refractivity contribution is -0.125. The first-order chi connectivity index (χ1) is 12.5. The van der Waals surface area contributed by atoms with E-state index in [1.54, 1.807) is 0 Å². The highest BCUT2D eigenvalue weighted by atomic mass is 19.4. The number of rotatable bonds is 7. The predicted octanol–water partition coefficient (Wildman–Crippen LogP) is 1.84. The second-order valence-corrected chi connectivity index (χ2v) is 4.67. The Morgan fingerprint density at radius 3 is 2.37 bits per heavy atom. The van der Waals surface area contributed by atoms with Gasteiger partial charge in [-0.1, -0.05) is 0 Å². The largest absolute Gasteiger partial charge is 0.493 e. The smallest absolute Gasteiger partial charge is 0.405 e. The summed E-state index contributed by atoms with van der Waals surface area (Å²) in [6, 6.07) is 1.64. The van der Waals surface area contributed by atoms with E-state index in [0.717, 1.165) is 25.3 Å². The molecule has 27 heavy (non-hydrogen) atoms. The summed E-state index contributed by atoms with van der Waals surface area (Å²) in [5.74, 6) is -2.82. The fourth-order valence-corrected chi connectivity index (χ4v) is 1.59. The van der Waals surface area contributed by atoms with Crippen LogP contribution >= 0.6 is 0 Å². The molecule has 0 atom stereocenters. The molecule has 0 fully saturated rings. The summed E-state index contributed by atoms with van der Waals surface area (Å²) >= 11 is 0. The Balaban J connectivity index is 2.56. The number of benzene rings is 1. The number of alkyl halides is 5. The molecule has 0 aliphatic carbocycles. The highest BCUT2D eigenvalue weighted by Crippen LogP contribution is 2.29. The molecule has 0 saturated heterocycles. The van der Waals surface area contributed by atoms with Crippen LogP contribution in [0.4, 0.5) is 26.7 Å². The molecule has 0 aliphatic rings. The zero-order valence-corrected chi connectivity index (χ0v) is 13.6. The van der Waals surface area contributed by atoms with Crippen LogP contribution in [0.3, 0.4) is 0 Å². The number of hydrogen-bond acceptors (Lipinski definition) is 6. The molecule has 0 spiro atoms. The topological polar surface area (TPSA) is 103 Å². The van der Waals surface area contributed by atoms with E-state index in [1.165, 1.54) is 10.6 Å². The van der Waals surface area contributed by atoms with Crippen LogP contribution in [0.1, 0.15) is 10.4 Å². The molecule has 1 aromatic carbocycles. The van der Waals surface area contributed by atoms with Gasteiger partial charge in [0.25, 0.3) is 5.91 Å². The Labute approximate surface area is 148 Å². The normalized spacial score (nSPS) is 10.9. The number of urea groups is 1. The number of amides is 3. The molecule has 0 unspecified atom stereocenters. The van der Waals surface area contributed by atoms with Crippen molar-refractivity contribution in [1.29, 1.82) is 0 Å². The number of methoxy groups -OCH3 is 1. The van der Waals surface area contributed by atoms with Gasteiger partial charge in [0.1, 0.15) is 6.54 Å². The molecule has 1 rings (SSSR count). The maximum absolute atomic E-state index is 12.2. The van der Waals surface area contributed by atoms with E-state index in [1.807, 2.05) is 0 Å². The number of carbonyl (C=O) groups is 3. The molecule has 3 amide bonds. The predicted molar refractivity (Wildman–Crippen MR) is 77.5 cm³/mol. The van der Waals surface area contributed by atoms with Crippen LogP contribution in [0.2, 0.25) is 0 Å². The van der Waals surface area contributed by atoms with E-state index in [4.69, 9.17) is 4.74 Å². The number of nitrogens with one attached hydrogen (secondary N) is 2. The van der Waals surface area contributed by atoms with Crippen molar-refractivity contribution in [3.63, 3.8) is 0 Å². The van der Waals surface area contributed by atoms with Gasteiger partial charge in [0.15, 0.2) is 18.1 Å². The molecule has 2 N–H and O–H groups in total. The summed E-state index contributed by atoms with van der Waals surface area (Å²) in [7, 11) is 1.13. The summed E-state index contributed by atoms with van der Waals surface area (Å²) in [5.41, 5.74) is -0.192. The van der Waals surface area contributed by atoms with E-state index in [0.29, 0.717) is 0 Å². The van der Waals surface area contributed by atoms with Crippen molar-refractivity contribution >= 4 is 17.9 Å². The summed E-state index contributed by atoms with van der Waals surface area (Å²) in [4.78, 5) is 34.2. The number of esters is 1. The fourth-order valence-electron chi connectivity index (χ4n) is 1.59. The van der Waals surface area contributed by atoms with Crippen molar-refractivity contribution in [2.75, 3.05) is 20.3 Å². The second-order valence-electron chi connectivity index (χ2n) is 4.67. The highest BCUT2D eigenvalue weighted by Gasteiger charge is 2.28. The van der Waals surface area contributed by atoms with Crippen LogP contribution in [-0.4, -0.2) is 51.0 Å². The Hall–Kier alpha value is -3.12. The monoisotopic (exact) mass is 400 g/mol. The standard InChI is InChI=1S/C14H13F5N2O6/c1-25-9-4-7(2-3-8(9)27-12(15)16)11(23)26-5-10(22)21-13(24)20-6-14(17,18)19/h2-4,12H,5-6H2,1H3,(H2,20,21,22,24). The fraction of sp³-hybridized carbons (Fsp3) is 0.357. The summed E-state index contributed by atoms with van der Waals surface area (Å²) < 4.78 is 73.6. The molecule has 150 valence electrons. The van der Waals surface area contributed by atoms with Gasteiger partial charge in [0.2, 0.25) is 0 Å². The zero-order chi connectivity index (χ0) is 20.6. The minimum absolute atomic E-state index is 0.192. The first-order valence-corrected chi connectivity index (χ1v) is 6.96. The molecule has 0 bridgehead atoms. The molecule has 8 nitrogen and oxygen atoms in total. The molecule has 0 radical (unpaired) electrons. The van der Waals surface area contributed by atoms with E-state index in [9.17, 15) is 36.3 Å². The lowest BCUT2D eigenvalue weighted by atomic mass is 10.2. The molecule has 0 saturated carbocycles. The third-order valence-electron chi connectivity index (χ3n) is 2.65. The molecule has 0 heterocycles. The minimum atomic E-state index is -4.66. The maximum atomic E-state index is 12.2. The van der Waals surface area contributed by atoms with E-state index < -0.39 is 43.8 Å². The first-order valence-electron chi connectivity index (χ1n) is 6.96. The van der Waals surface area contributed by atoms with Gasteiger partial charge in [-0.25, -0.2) is 9.59 Å². The van der Waals surface area contributed by atoms with Crippen LogP contribution in [-0.2, 0) is 9.53 Å². The Kier molecular flexibility index (Phi) is 7.75. The SMILES string of the molecule is COc1cc(C(=O)OCC(=O)NC(=O)NCC(F)(F)F)ccc1OC(F)F. The zero-order valence-electron chi connectivity index (χ0n) is 13.6. The highest BCUT2D eigenvalue weighted by molar-refractivity contribution is 5.97. The Morgan fingerprint density at radius 2 is 1.81 bits per heavy atom. The number of imide groups is 1. The Bertz CT molecular complexity index is 695. The van der Waals surface area contributed by atoms with Gasteiger partial charge < -0.3 is 19.5 Å². The van der Waals surface area contributed by atoms with E-state index in [2.05, 4.69) is 9.47 Å². The van der Waals surface area contributed by atoms with Crippen molar-refractivity contribution in [2.24, 2.45) is 0 Å². The van der Waals surface area contributed by atoms with Gasteiger partial charge in [-0.15, -0.1) is 0 Å². The summed E-state index contributed by atoms with van der Waals surface area (Å²) in [6.45, 7) is -5.75. The second kappa shape index (κ2) is 9.54. The van der Waals surface area contributed by atoms with Gasteiger partial charge in [-0.2, -0.15) is 22.0 Å². The van der Waals surface area contributed by atoms with Crippen molar-refractivity contribution in [2.45, 2.75) is 12.8 Å². The molecule has 13 heteroatoms. The lowest BCUT2D eigenvalue weighted by Gasteiger charge is -2.11. The van der Waals surface area contributed by atoms with E-state index >= 15 is 0 Å². The van der Waals surface area contributed by atoms with Crippen molar-refractivity contribution in [1.82, 2.24) is 10.6 Å². The van der Waals surface area contributed by atoms with Gasteiger partial charge >= 0.3 is 24.8 Å². The third-order valence-corrected chi connectivity index (χ3v) is 2.65. The minimum Gasteiger partial charge on any atom is -0.493 e. The van der Waals surface area contributed by atoms with Crippen LogP contribution in [0.25, 0.3) is 0 Å². The molecule has 1 aromatic rings. The van der Waals surface area contributed by atoms with Crippen LogP contribution in [0.15, 0.2) is 18.2 Å². The van der Waals surface area contributed by atoms with Crippen molar-refractivity contribution in [3.8, 4) is 11.5 Å². The number of ether oxygens (including phenoxy) is 3. The molecule has 0 aromatic heterocycles. The van der Waals surface area contributed by atoms with Gasteiger partial charge in [-0.3, -0.25) is 10.1 Å². The molecular weight excluding hydrogens is 387 g/mol. The quantitative estimate of drug-likeness (QED) is 0.535. The maximum Gasteiger partial charge on any atom is 0.405 e. The summed E-state index contributed by atoms with van der Waals surface area (Å²) in [6.07, 6.45) is -4.66. The van der Waals surface area contributed by atoms with Gasteiger partial charge in [-0.05, 0) is 18.2 Å². The van der Waals surface area contributed by atoms with Crippen LogP contribution in [0, 0.1) is 0 Å². The average Bonchev–Trinajstić information content (AvgIpc) is 2.57. The van der Waals surface area contributed by atoms with E-state index in [-0.39, 0.29) is 17.1 Å². The first kappa shape index (κ1) is 21.9. The molecular formula is C14H13F5N2O6. The Morgan fingerprint density at radius 1 is 1.15 bits per heavy atom. The number of carbonyl (C=O) groups excluding carboxylic acids is 3. The molecule has 0 aliphatic heterocycles. The van der Waals surface area contributed by atoms with Crippen molar-refractivity contribution in [3.05, 3.63) is 23.8 Å². The number of hydrogen-bond donors (Lipinski definition) is 2. The average molecular weight is 400 g/mol. The third kappa shape index (κ3) is 8.20. The van der Waals surface area contributed by atoms with Gasteiger partial charge in [0, 0.05) is 0 Å². The van der Waals surface area contributed by atoms with Crippen LogP contribution < -0.4 is 20.1 Å². The lowest BCUT2D eigenvalue weighted by Crippen LogP contribution is -2.44. The number of halogens is 5. The summed E-state index contributed by atoms with van der Waals surface area (Å²) in [5, 5.41) is 2.90. The van der Waals surface area contributed by atoms with Crippen LogP contribution in [0.5, 0.6) is 11.5 Å².